The molecular formula is C15H23FN2. The first-order valence-electron chi connectivity index (χ1n) is 6.90. The second kappa shape index (κ2) is 6.30. The van der Waals surface area contributed by atoms with Crippen LogP contribution in [0.5, 0.6) is 0 Å². The van der Waals surface area contributed by atoms with E-state index in [9.17, 15) is 4.39 Å². The Morgan fingerprint density at radius 2 is 2.22 bits per heavy atom. The standard InChI is InChI=1S/C15H23FN2/c1-11-9-13(16)5-6-14(11)15(10-17)18-8-7-12-3-2-4-12/h5-6,9,12,15,18H,2-4,7-8,10,17H2,1H3. The molecule has 1 atom stereocenters. The summed E-state index contributed by atoms with van der Waals surface area (Å²) in [6.45, 7) is 3.50. The first-order chi connectivity index (χ1) is 8.70. The number of hydrogen-bond acceptors (Lipinski definition) is 2. The van der Waals surface area contributed by atoms with Crippen molar-refractivity contribution < 1.29 is 4.39 Å². The Balaban J connectivity index is 1.89. The summed E-state index contributed by atoms with van der Waals surface area (Å²) in [6.07, 6.45) is 5.38. The Morgan fingerprint density at radius 3 is 2.78 bits per heavy atom. The van der Waals surface area contributed by atoms with Gasteiger partial charge in [0.2, 0.25) is 0 Å². The molecule has 0 bridgehead atoms. The van der Waals surface area contributed by atoms with E-state index in [4.69, 9.17) is 5.73 Å². The van der Waals surface area contributed by atoms with E-state index < -0.39 is 0 Å². The minimum Gasteiger partial charge on any atom is -0.329 e. The summed E-state index contributed by atoms with van der Waals surface area (Å²) in [5.41, 5.74) is 7.91. The van der Waals surface area contributed by atoms with Gasteiger partial charge in [-0.3, -0.25) is 0 Å². The van der Waals surface area contributed by atoms with Crippen LogP contribution in [0.1, 0.15) is 42.9 Å². The van der Waals surface area contributed by atoms with E-state index in [1.165, 1.54) is 31.7 Å². The lowest BCUT2D eigenvalue weighted by Gasteiger charge is -2.27. The molecule has 18 heavy (non-hydrogen) atoms. The smallest absolute Gasteiger partial charge is 0.123 e. The lowest BCUT2D eigenvalue weighted by Crippen LogP contribution is -2.31. The second-order valence-electron chi connectivity index (χ2n) is 5.33. The predicted octanol–water partition coefficient (Wildman–Crippen LogP) is 2.91. The van der Waals surface area contributed by atoms with Crippen molar-refractivity contribution in [1.29, 1.82) is 0 Å². The Morgan fingerprint density at radius 1 is 1.44 bits per heavy atom. The van der Waals surface area contributed by atoms with Gasteiger partial charge in [0.05, 0.1) is 0 Å². The first kappa shape index (κ1) is 13.5. The Labute approximate surface area is 109 Å². The van der Waals surface area contributed by atoms with Crippen molar-refractivity contribution in [3.8, 4) is 0 Å². The van der Waals surface area contributed by atoms with Crippen molar-refractivity contribution in [3.05, 3.63) is 35.1 Å². The molecule has 0 aliphatic heterocycles. The van der Waals surface area contributed by atoms with Crippen LogP contribution in [0.3, 0.4) is 0 Å². The summed E-state index contributed by atoms with van der Waals surface area (Å²) in [5, 5.41) is 3.50. The van der Waals surface area contributed by atoms with Crippen molar-refractivity contribution in [1.82, 2.24) is 5.32 Å². The molecule has 1 saturated carbocycles. The summed E-state index contributed by atoms with van der Waals surface area (Å²) < 4.78 is 13.1. The SMILES string of the molecule is Cc1cc(F)ccc1C(CN)NCCC1CCC1. The number of nitrogens with two attached hydrogens (primary N) is 1. The van der Waals surface area contributed by atoms with Gasteiger partial charge in [0.1, 0.15) is 5.82 Å². The van der Waals surface area contributed by atoms with Crippen LogP contribution < -0.4 is 11.1 Å². The third-order valence-electron chi connectivity index (χ3n) is 4.01. The van der Waals surface area contributed by atoms with Gasteiger partial charge in [0, 0.05) is 12.6 Å². The van der Waals surface area contributed by atoms with Crippen molar-refractivity contribution in [2.45, 2.75) is 38.6 Å². The molecule has 1 aliphatic carbocycles. The Kier molecular flexibility index (Phi) is 4.72. The first-order valence-corrected chi connectivity index (χ1v) is 6.90. The molecule has 2 nitrogen and oxygen atoms in total. The van der Waals surface area contributed by atoms with Gasteiger partial charge in [-0.1, -0.05) is 25.3 Å². The van der Waals surface area contributed by atoms with E-state index in [1.54, 1.807) is 6.07 Å². The fourth-order valence-corrected chi connectivity index (χ4v) is 2.59. The van der Waals surface area contributed by atoms with Crippen LogP contribution in [0, 0.1) is 18.7 Å². The minimum absolute atomic E-state index is 0.144. The molecule has 0 amide bonds. The van der Waals surface area contributed by atoms with Crippen molar-refractivity contribution in [2.75, 3.05) is 13.1 Å². The highest BCUT2D eigenvalue weighted by Gasteiger charge is 2.18. The van der Waals surface area contributed by atoms with Gasteiger partial charge in [-0.05, 0) is 49.1 Å². The number of hydrogen-bond donors (Lipinski definition) is 2. The zero-order valence-electron chi connectivity index (χ0n) is 11.1. The molecule has 0 heterocycles. The highest BCUT2D eigenvalue weighted by atomic mass is 19.1. The molecule has 100 valence electrons. The van der Waals surface area contributed by atoms with Crippen molar-refractivity contribution >= 4 is 0 Å². The highest BCUT2D eigenvalue weighted by Crippen LogP contribution is 2.29. The van der Waals surface area contributed by atoms with E-state index in [1.807, 2.05) is 13.0 Å². The number of aryl methyl sites for hydroxylation is 1. The second-order valence-corrected chi connectivity index (χ2v) is 5.33. The fourth-order valence-electron chi connectivity index (χ4n) is 2.59. The lowest BCUT2D eigenvalue weighted by atomic mass is 9.83. The fraction of sp³-hybridized carbons (Fsp3) is 0.600. The van der Waals surface area contributed by atoms with Crippen LogP contribution in [0.25, 0.3) is 0 Å². The quantitative estimate of drug-likeness (QED) is 0.814. The van der Waals surface area contributed by atoms with E-state index in [-0.39, 0.29) is 11.9 Å². The molecule has 0 saturated heterocycles. The van der Waals surface area contributed by atoms with Gasteiger partial charge in [0.15, 0.2) is 0 Å². The molecule has 3 N–H and O–H groups in total. The molecule has 1 aromatic carbocycles. The maximum Gasteiger partial charge on any atom is 0.123 e. The Hall–Kier alpha value is -0.930. The van der Waals surface area contributed by atoms with Crippen molar-refractivity contribution in [2.24, 2.45) is 11.7 Å². The van der Waals surface area contributed by atoms with Gasteiger partial charge in [-0.25, -0.2) is 4.39 Å². The molecule has 1 aliphatic rings. The Bertz CT molecular complexity index is 388. The molecule has 1 fully saturated rings. The van der Waals surface area contributed by atoms with Crippen LogP contribution in [0.4, 0.5) is 4.39 Å². The maximum absolute atomic E-state index is 13.1. The average Bonchev–Trinajstić information content (AvgIpc) is 2.28. The van der Waals surface area contributed by atoms with Gasteiger partial charge >= 0.3 is 0 Å². The molecule has 3 heteroatoms. The zero-order chi connectivity index (χ0) is 13.0. The van der Waals surface area contributed by atoms with E-state index in [0.717, 1.165) is 23.6 Å². The topological polar surface area (TPSA) is 38.0 Å². The van der Waals surface area contributed by atoms with E-state index >= 15 is 0 Å². The summed E-state index contributed by atoms with van der Waals surface area (Å²) in [6, 6.07) is 5.08. The van der Waals surface area contributed by atoms with Crippen molar-refractivity contribution in [3.63, 3.8) is 0 Å². The van der Waals surface area contributed by atoms with Crippen LogP contribution in [0.15, 0.2) is 18.2 Å². The molecule has 0 spiro atoms. The summed E-state index contributed by atoms with van der Waals surface area (Å²) in [5.74, 6) is 0.728. The third kappa shape index (κ3) is 3.30. The van der Waals surface area contributed by atoms with Gasteiger partial charge in [-0.2, -0.15) is 0 Å². The predicted molar refractivity (Wildman–Crippen MR) is 72.9 cm³/mol. The molecular weight excluding hydrogens is 227 g/mol. The average molecular weight is 250 g/mol. The van der Waals surface area contributed by atoms with E-state index in [0.29, 0.717) is 6.54 Å². The van der Waals surface area contributed by atoms with Crippen LogP contribution in [-0.2, 0) is 0 Å². The normalized spacial score (nSPS) is 17.5. The molecule has 2 rings (SSSR count). The summed E-state index contributed by atoms with van der Waals surface area (Å²) in [7, 11) is 0. The number of rotatable bonds is 6. The number of halogens is 1. The van der Waals surface area contributed by atoms with Crippen LogP contribution >= 0.6 is 0 Å². The summed E-state index contributed by atoms with van der Waals surface area (Å²) in [4.78, 5) is 0. The van der Waals surface area contributed by atoms with Crippen LogP contribution in [0.2, 0.25) is 0 Å². The van der Waals surface area contributed by atoms with Gasteiger partial charge in [0.25, 0.3) is 0 Å². The molecule has 0 radical (unpaired) electrons. The molecule has 1 aromatic rings. The zero-order valence-corrected chi connectivity index (χ0v) is 11.1. The van der Waals surface area contributed by atoms with Gasteiger partial charge < -0.3 is 11.1 Å². The third-order valence-corrected chi connectivity index (χ3v) is 4.01. The largest absolute Gasteiger partial charge is 0.329 e. The monoisotopic (exact) mass is 250 g/mol. The van der Waals surface area contributed by atoms with E-state index in [2.05, 4.69) is 5.32 Å². The molecule has 0 aromatic heterocycles. The molecule has 1 unspecified atom stereocenters. The number of nitrogens with one attached hydrogen (secondary N) is 1. The highest BCUT2D eigenvalue weighted by molar-refractivity contribution is 5.29. The number of benzene rings is 1. The maximum atomic E-state index is 13.1. The van der Waals surface area contributed by atoms with Crippen LogP contribution in [-0.4, -0.2) is 13.1 Å². The summed E-state index contributed by atoms with van der Waals surface area (Å²) >= 11 is 0. The lowest BCUT2D eigenvalue weighted by molar-refractivity contribution is 0.288. The van der Waals surface area contributed by atoms with Gasteiger partial charge in [-0.15, -0.1) is 0 Å². The minimum atomic E-state index is -0.179.